The number of nitrogens with two attached hydrogens (primary N) is 1. The van der Waals surface area contributed by atoms with Crippen LogP contribution in [0.3, 0.4) is 0 Å². The monoisotopic (exact) mass is 246 g/mol. The van der Waals surface area contributed by atoms with Crippen molar-refractivity contribution in [3.63, 3.8) is 0 Å². The third kappa shape index (κ3) is 2.15. The molecule has 0 saturated heterocycles. The van der Waals surface area contributed by atoms with Crippen molar-refractivity contribution in [3.05, 3.63) is 40.5 Å². The van der Waals surface area contributed by atoms with Gasteiger partial charge in [-0.25, -0.2) is 4.98 Å². The van der Waals surface area contributed by atoms with Crippen LogP contribution in [0.1, 0.15) is 24.0 Å². The van der Waals surface area contributed by atoms with E-state index < -0.39 is 0 Å². The van der Waals surface area contributed by atoms with Crippen molar-refractivity contribution in [2.75, 3.05) is 0 Å². The van der Waals surface area contributed by atoms with E-state index >= 15 is 0 Å². The van der Waals surface area contributed by atoms with Gasteiger partial charge in [0, 0.05) is 10.9 Å². The van der Waals surface area contributed by atoms with E-state index in [1.807, 2.05) is 13.0 Å². The molecule has 1 aromatic carbocycles. The molecule has 0 amide bonds. The fourth-order valence-electron chi connectivity index (χ4n) is 2.16. The van der Waals surface area contributed by atoms with Gasteiger partial charge in [-0.2, -0.15) is 0 Å². The standard InChI is InChI=1S/C14H15ClN2/c1-9-6-11-7-10(8-14(16)4-5-14)2-3-12(11)17-13(9)15/h2-3,6-7H,4-5,8,16H2,1H3. The highest BCUT2D eigenvalue weighted by atomic mass is 35.5. The largest absolute Gasteiger partial charge is 0.325 e. The molecule has 3 heteroatoms. The van der Waals surface area contributed by atoms with Crippen LogP contribution in [0.4, 0.5) is 0 Å². The summed E-state index contributed by atoms with van der Waals surface area (Å²) in [5.41, 5.74) is 9.46. The van der Waals surface area contributed by atoms with Crippen LogP contribution in [0.25, 0.3) is 10.9 Å². The molecule has 2 N–H and O–H groups in total. The SMILES string of the molecule is Cc1cc2cc(CC3(N)CC3)ccc2nc1Cl. The van der Waals surface area contributed by atoms with Crippen LogP contribution in [0, 0.1) is 6.92 Å². The zero-order valence-corrected chi connectivity index (χ0v) is 10.6. The molecule has 0 unspecified atom stereocenters. The van der Waals surface area contributed by atoms with Crippen LogP contribution >= 0.6 is 11.6 Å². The molecule has 3 rings (SSSR count). The van der Waals surface area contributed by atoms with Crippen molar-refractivity contribution >= 4 is 22.5 Å². The third-order valence-electron chi connectivity index (χ3n) is 3.46. The van der Waals surface area contributed by atoms with E-state index in [-0.39, 0.29) is 5.54 Å². The molecule has 17 heavy (non-hydrogen) atoms. The second-order valence-electron chi connectivity index (χ2n) is 5.16. The molecule has 0 bridgehead atoms. The molecule has 1 aliphatic rings. The lowest BCUT2D eigenvalue weighted by molar-refractivity contribution is 0.672. The van der Waals surface area contributed by atoms with E-state index in [4.69, 9.17) is 17.3 Å². The lowest BCUT2D eigenvalue weighted by Crippen LogP contribution is -2.24. The highest BCUT2D eigenvalue weighted by Gasteiger charge is 2.37. The van der Waals surface area contributed by atoms with Crippen LogP contribution in [-0.2, 0) is 6.42 Å². The van der Waals surface area contributed by atoms with Crippen molar-refractivity contribution in [1.82, 2.24) is 4.98 Å². The number of aryl methyl sites for hydroxylation is 1. The van der Waals surface area contributed by atoms with Gasteiger partial charge in [-0.3, -0.25) is 0 Å². The molecule has 0 aliphatic heterocycles. The number of benzene rings is 1. The second kappa shape index (κ2) is 3.69. The van der Waals surface area contributed by atoms with Gasteiger partial charge in [-0.1, -0.05) is 17.7 Å². The Balaban J connectivity index is 2.03. The molecular weight excluding hydrogens is 232 g/mol. The predicted octanol–water partition coefficient (Wildman–Crippen LogP) is 3.23. The Hall–Kier alpha value is -1.12. The van der Waals surface area contributed by atoms with Gasteiger partial charge in [0.15, 0.2) is 0 Å². The number of hydrogen-bond acceptors (Lipinski definition) is 2. The maximum absolute atomic E-state index is 6.14. The number of nitrogens with zero attached hydrogens (tertiary/aromatic N) is 1. The second-order valence-corrected chi connectivity index (χ2v) is 5.52. The van der Waals surface area contributed by atoms with E-state index in [1.54, 1.807) is 0 Å². The van der Waals surface area contributed by atoms with Crippen molar-refractivity contribution in [3.8, 4) is 0 Å². The van der Waals surface area contributed by atoms with Crippen LogP contribution in [0.15, 0.2) is 24.3 Å². The minimum absolute atomic E-state index is 0.0581. The number of fused-ring (bicyclic) bond motifs is 1. The Morgan fingerprint density at radius 1 is 1.35 bits per heavy atom. The lowest BCUT2D eigenvalue weighted by atomic mass is 10.0. The molecule has 0 spiro atoms. The Labute approximate surface area is 106 Å². The number of halogens is 1. The maximum atomic E-state index is 6.14. The Bertz CT molecular complexity index is 588. The number of pyridine rings is 1. The summed E-state index contributed by atoms with van der Waals surface area (Å²) in [5, 5.41) is 1.73. The first-order valence-corrected chi connectivity index (χ1v) is 6.28. The molecule has 2 aromatic rings. The quantitative estimate of drug-likeness (QED) is 0.827. The topological polar surface area (TPSA) is 38.9 Å². The normalized spacial score (nSPS) is 17.4. The molecule has 0 atom stereocenters. The number of hydrogen-bond donors (Lipinski definition) is 1. The summed E-state index contributed by atoms with van der Waals surface area (Å²) in [5.74, 6) is 0. The summed E-state index contributed by atoms with van der Waals surface area (Å²) in [6, 6.07) is 8.40. The third-order valence-corrected chi connectivity index (χ3v) is 3.84. The van der Waals surface area contributed by atoms with Crippen molar-refractivity contribution in [2.45, 2.75) is 31.7 Å². The van der Waals surface area contributed by atoms with Crippen LogP contribution in [-0.4, -0.2) is 10.5 Å². The van der Waals surface area contributed by atoms with Gasteiger partial charge in [0.1, 0.15) is 5.15 Å². The summed E-state index contributed by atoms with van der Waals surface area (Å²) < 4.78 is 0. The van der Waals surface area contributed by atoms with E-state index in [0.29, 0.717) is 5.15 Å². The van der Waals surface area contributed by atoms with Crippen LogP contribution in [0.2, 0.25) is 5.15 Å². The molecule has 0 radical (unpaired) electrons. The molecule has 1 aromatic heterocycles. The first-order valence-electron chi connectivity index (χ1n) is 5.90. The van der Waals surface area contributed by atoms with Gasteiger partial charge in [-0.05, 0) is 55.5 Å². The highest BCUT2D eigenvalue weighted by molar-refractivity contribution is 6.30. The summed E-state index contributed by atoms with van der Waals surface area (Å²) in [6.07, 6.45) is 3.25. The molecule has 1 heterocycles. The zero-order chi connectivity index (χ0) is 12.0. The van der Waals surface area contributed by atoms with E-state index in [9.17, 15) is 0 Å². The van der Waals surface area contributed by atoms with Crippen molar-refractivity contribution < 1.29 is 0 Å². The van der Waals surface area contributed by atoms with Gasteiger partial charge in [0.2, 0.25) is 0 Å². The predicted molar refractivity (Wildman–Crippen MR) is 71.3 cm³/mol. The van der Waals surface area contributed by atoms with Gasteiger partial charge in [0.25, 0.3) is 0 Å². The molecule has 1 fully saturated rings. The fourth-order valence-corrected chi connectivity index (χ4v) is 2.31. The summed E-state index contributed by atoms with van der Waals surface area (Å²) >= 11 is 6.01. The minimum atomic E-state index is 0.0581. The van der Waals surface area contributed by atoms with Crippen LogP contribution < -0.4 is 5.73 Å². The van der Waals surface area contributed by atoms with Gasteiger partial charge < -0.3 is 5.73 Å². The fraction of sp³-hybridized carbons (Fsp3) is 0.357. The first-order chi connectivity index (χ1) is 8.06. The van der Waals surface area contributed by atoms with Crippen LogP contribution in [0.5, 0.6) is 0 Å². The average molecular weight is 247 g/mol. The Morgan fingerprint density at radius 2 is 2.12 bits per heavy atom. The molecular formula is C14H15ClN2. The molecule has 1 aliphatic carbocycles. The smallest absolute Gasteiger partial charge is 0.132 e. The van der Waals surface area contributed by atoms with E-state index in [0.717, 1.165) is 35.7 Å². The summed E-state index contributed by atoms with van der Waals surface area (Å²) in [4.78, 5) is 4.36. The van der Waals surface area contributed by atoms with E-state index in [1.165, 1.54) is 5.56 Å². The first kappa shape index (κ1) is 11.0. The van der Waals surface area contributed by atoms with Gasteiger partial charge in [0.05, 0.1) is 5.52 Å². The van der Waals surface area contributed by atoms with Gasteiger partial charge in [-0.15, -0.1) is 0 Å². The Kier molecular flexibility index (Phi) is 2.39. The number of rotatable bonds is 2. The zero-order valence-electron chi connectivity index (χ0n) is 9.83. The molecule has 1 saturated carbocycles. The minimum Gasteiger partial charge on any atom is -0.325 e. The van der Waals surface area contributed by atoms with E-state index in [2.05, 4.69) is 23.2 Å². The summed E-state index contributed by atoms with van der Waals surface area (Å²) in [6.45, 7) is 1.98. The van der Waals surface area contributed by atoms with Gasteiger partial charge >= 0.3 is 0 Å². The highest BCUT2D eigenvalue weighted by Crippen LogP contribution is 2.36. The molecule has 2 nitrogen and oxygen atoms in total. The van der Waals surface area contributed by atoms with Crippen molar-refractivity contribution in [2.24, 2.45) is 5.73 Å². The average Bonchev–Trinajstić information content (AvgIpc) is 2.98. The maximum Gasteiger partial charge on any atom is 0.132 e. The van der Waals surface area contributed by atoms with Crippen molar-refractivity contribution in [1.29, 1.82) is 0 Å². The Morgan fingerprint density at radius 3 is 2.82 bits per heavy atom. The molecule has 88 valence electrons. The lowest BCUT2D eigenvalue weighted by Gasteiger charge is -2.09. The number of aromatic nitrogens is 1. The summed E-state index contributed by atoms with van der Waals surface area (Å²) in [7, 11) is 0.